The van der Waals surface area contributed by atoms with Gasteiger partial charge in [0.15, 0.2) is 0 Å². The number of methoxy groups -OCH3 is 1. The highest BCUT2D eigenvalue weighted by Gasteiger charge is 2.11. The van der Waals surface area contributed by atoms with Crippen LogP contribution in [-0.4, -0.2) is 12.2 Å². The predicted octanol–water partition coefficient (Wildman–Crippen LogP) is 4.24. The van der Waals surface area contributed by atoms with E-state index in [-0.39, 0.29) is 0 Å². The van der Waals surface area contributed by atoms with E-state index >= 15 is 0 Å². The summed E-state index contributed by atoms with van der Waals surface area (Å²) in [5.41, 5.74) is 4.34. The zero-order valence-corrected chi connectivity index (χ0v) is 12.7. The number of hydrogen-bond donors (Lipinski definition) is 1. The fourth-order valence-corrected chi connectivity index (χ4v) is 2.68. The molecule has 3 heteroatoms. The lowest BCUT2D eigenvalue weighted by Gasteiger charge is -2.14. The Balaban J connectivity index is 2.19. The summed E-state index contributed by atoms with van der Waals surface area (Å²) in [4.78, 5) is 0. The fraction of sp³-hybridized carbons (Fsp3) is 0.294. The van der Waals surface area contributed by atoms with Gasteiger partial charge in [0, 0.05) is 6.42 Å². The van der Waals surface area contributed by atoms with E-state index in [1.54, 1.807) is 19.2 Å². The zero-order valence-electron chi connectivity index (χ0n) is 12.0. The number of aryl methyl sites for hydroxylation is 2. The predicted molar refractivity (Wildman–Crippen MR) is 82.6 cm³/mol. The topological polar surface area (TPSA) is 29.5 Å². The van der Waals surface area contributed by atoms with E-state index in [1.165, 1.54) is 11.1 Å². The molecule has 0 fully saturated rings. The summed E-state index contributed by atoms with van der Waals surface area (Å²) in [6, 6.07) is 11.7. The summed E-state index contributed by atoms with van der Waals surface area (Å²) in [7, 11) is 1.58. The summed E-state index contributed by atoms with van der Waals surface area (Å²) in [5, 5.41) is 10.9. The zero-order chi connectivity index (χ0) is 14.7. The number of benzene rings is 2. The van der Waals surface area contributed by atoms with E-state index in [0.717, 1.165) is 11.1 Å². The Morgan fingerprint density at radius 1 is 1.10 bits per heavy atom. The third kappa shape index (κ3) is 3.53. The van der Waals surface area contributed by atoms with Crippen molar-refractivity contribution < 1.29 is 9.84 Å². The second-order valence-electron chi connectivity index (χ2n) is 5.11. The van der Waals surface area contributed by atoms with Gasteiger partial charge in [-0.2, -0.15) is 0 Å². The molecule has 0 aliphatic rings. The highest BCUT2D eigenvalue weighted by molar-refractivity contribution is 6.32. The van der Waals surface area contributed by atoms with Crippen LogP contribution in [0.4, 0.5) is 0 Å². The van der Waals surface area contributed by atoms with E-state index < -0.39 is 6.10 Å². The second-order valence-corrected chi connectivity index (χ2v) is 5.52. The minimum Gasteiger partial charge on any atom is -0.495 e. The summed E-state index contributed by atoms with van der Waals surface area (Å²) in [6.45, 7) is 4.13. The van der Waals surface area contributed by atoms with Crippen molar-refractivity contribution in [2.45, 2.75) is 26.4 Å². The minimum atomic E-state index is -0.570. The van der Waals surface area contributed by atoms with Gasteiger partial charge in [-0.25, -0.2) is 0 Å². The molecule has 0 aromatic heterocycles. The molecule has 0 bridgehead atoms. The van der Waals surface area contributed by atoms with Crippen LogP contribution in [0, 0.1) is 13.8 Å². The first kappa shape index (κ1) is 14.9. The molecule has 0 amide bonds. The molecule has 1 N–H and O–H groups in total. The Bertz CT molecular complexity index is 588. The Hall–Kier alpha value is -1.51. The molecule has 1 unspecified atom stereocenters. The molecule has 20 heavy (non-hydrogen) atoms. The lowest BCUT2D eigenvalue weighted by Crippen LogP contribution is -2.02. The van der Waals surface area contributed by atoms with Gasteiger partial charge in [0.1, 0.15) is 5.75 Å². The van der Waals surface area contributed by atoms with Gasteiger partial charge in [-0.3, -0.25) is 0 Å². The van der Waals surface area contributed by atoms with Crippen LogP contribution < -0.4 is 4.74 Å². The number of hydrogen-bond acceptors (Lipinski definition) is 2. The third-order valence-electron chi connectivity index (χ3n) is 3.27. The molecular weight excluding hydrogens is 272 g/mol. The van der Waals surface area contributed by atoms with Crippen LogP contribution in [0.2, 0.25) is 5.02 Å². The molecule has 2 rings (SSSR count). The van der Waals surface area contributed by atoms with Crippen LogP contribution in [0.25, 0.3) is 0 Å². The monoisotopic (exact) mass is 290 g/mol. The first-order valence-electron chi connectivity index (χ1n) is 6.58. The number of halogens is 1. The molecule has 2 aromatic rings. The first-order chi connectivity index (χ1) is 9.49. The van der Waals surface area contributed by atoms with Crippen LogP contribution in [0.15, 0.2) is 36.4 Å². The van der Waals surface area contributed by atoms with Gasteiger partial charge in [-0.15, -0.1) is 0 Å². The molecule has 106 valence electrons. The molecular formula is C17H19ClO2. The molecule has 1 atom stereocenters. The van der Waals surface area contributed by atoms with Crippen LogP contribution in [-0.2, 0) is 6.42 Å². The highest BCUT2D eigenvalue weighted by Crippen LogP contribution is 2.29. The number of aliphatic hydroxyl groups excluding tert-OH is 1. The van der Waals surface area contributed by atoms with E-state index in [4.69, 9.17) is 16.3 Å². The molecule has 0 saturated carbocycles. The number of ether oxygens (including phenoxy) is 1. The van der Waals surface area contributed by atoms with Gasteiger partial charge >= 0.3 is 0 Å². The van der Waals surface area contributed by atoms with Crippen molar-refractivity contribution in [3.63, 3.8) is 0 Å². The number of rotatable bonds is 4. The van der Waals surface area contributed by atoms with Gasteiger partial charge < -0.3 is 9.84 Å². The Morgan fingerprint density at radius 2 is 1.75 bits per heavy atom. The number of aliphatic hydroxyl groups is 1. The third-order valence-corrected chi connectivity index (χ3v) is 3.57. The lowest BCUT2D eigenvalue weighted by atomic mass is 9.98. The summed E-state index contributed by atoms with van der Waals surface area (Å²) < 4.78 is 5.12. The van der Waals surface area contributed by atoms with Gasteiger partial charge in [-0.1, -0.05) is 47.0 Å². The second kappa shape index (κ2) is 6.29. The summed E-state index contributed by atoms with van der Waals surface area (Å²) in [6.07, 6.45) is 0.00477. The lowest BCUT2D eigenvalue weighted by molar-refractivity contribution is 0.178. The van der Waals surface area contributed by atoms with Crippen molar-refractivity contribution in [1.82, 2.24) is 0 Å². The van der Waals surface area contributed by atoms with Crippen LogP contribution in [0.1, 0.15) is 28.4 Å². The van der Waals surface area contributed by atoms with Crippen molar-refractivity contribution in [2.24, 2.45) is 0 Å². The van der Waals surface area contributed by atoms with Crippen molar-refractivity contribution in [2.75, 3.05) is 7.11 Å². The smallest absolute Gasteiger partial charge is 0.137 e. The minimum absolute atomic E-state index is 0.518. The standard InChI is InChI=1S/C17H19ClO2/c1-11-6-12(2)8-13(7-11)9-16(19)14-4-5-17(20-3)15(18)10-14/h4-8,10,16,19H,9H2,1-3H3. The van der Waals surface area contributed by atoms with Crippen LogP contribution >= 0.6 is 11.6 Å². The van der Waals surface area contributed by atoms with Crippen LogP contribution in [0.3, 0.4) is 0 Å². The first-order valence-corrected chi connectivity index (χ1v) is 6.96. The average Bonchev–Trinajstić information content (AvgIpc) is 2.37. The summed E-state index contributed by atoms with van der Waals surface area (Å²) in [5.74, 6) is 0.619. The van der Waals surface area contributed by atoms with Gasteiger partial charge in [0.2, 0.25) is 0 Å². The van der Waals surface area contributed by atoms with Crippen molar-refractivity contribution >= 4 is 11.6 Å². The SMILES string of the molecule is COc1ccc(C(O)Cc2cc(C)cc(C)c2)cc1Cl. The molecule has 0 spiro atoms. The molecule has 0 radical (unpaired) electrons. The summed E-state index contributed by atoms with van der Waals surface area (Å²) >= 11 is 6.09. The maximum Gasteiger partial charge on any atom is 0.137 e. The van der Waals surface area contributed by atoms with Gasteiger partial charge in [-0.05, 0) is 37.1 Å². The van der Waals surface area contributed by atoms with Crippen molar-refractivity contribution in [1.29, 1.82) is 0 Å². The molecule has 2 nitrogen and oxygen atoms in total. The van der Waals surface area contributed by atoms with E-state index in [2.05, 4.69) is 32.0 Å². The Kier molecular flexibility index (Phi) is 4.69. The van der Waals surface area contributed by atoms with Crippen molar-refractivity contribution in [3.05, 3.63) is 63.7 Å². The normalized spacial score (nSPS) is 12.2. The van der Waals surface area contributed by atoms with Crippen LogP contribution in [0.5, 0.6) is 5.75 Å². The largest absolute Gasteiger partial charge is 0.495 e. The van der Waals surface area contributed by atoms with E-state index in [1.807, 2.05) is 6.07 Å². The average molecular weight is 291 g/mol. The van der Waals surface area contributed by atoms with Gasteiger partial charge in [0.25, 0.3) is 0 Å². The van der Waals surface area contributed by atoms with E-state index in [0.29, 0.717) is 17.2 Å². The Labute approximate surface area is 125 Å². The highest BCUT2D eigenvalue weighted by atomic mass is 35.5. The molecule has 2 aromatic carbocycles. The van der Waals surface area contributed by atoms with Gasteiger partial charge in [0.05, 0.1) is 18.2 Å². The maximum absolute atomic E-state index is 10.3. The molecule has 0 heterocycles. The maximum atomic E-state index is 10.3. The quantitative estimate of drug-likeness (QED) is 0.912. The molecule has 0 aliphatic heterocycles. The molecule has 0 aliphatic carbocycles. The fourth-order valence-electron chi connectivity index (χ4n) is 2.42. The van der Waals surface area contributed by atoms with Crippen molar-refractivity contribution in [3.8, 4) is 5.75 Å². The van der Waals surface area contributed by atoms with E-state index in [9.17, 15) is 5.11 Å². The Morgan fingerprint density at radius 3 is 2.30 bits per heavy atom. The molecule has 0 saturated heterocycles.